The van der Waals surface area contributed by atoms with Gasteiger partial charge in [-0.3, -0.25) is 4.90 Å². The van der Waals surface area contributed by atoms with Gasteiger partial charge in [-0.15, -0.1) is 0 Å². The molecule has 2 aliphatic heterocycles. The SMILES string of the molecule is C/C=C1/C(=C(\N=C(/C)N(CC)CCOCC)c2cnc(N)nc2)CCN1c1ccc(CN2CCN(C)CC2)cc1. The Morgan fingerprint density at radius 2 is 1.77 bits per heavy atom. The second kappa shape index (κ2) is 14.4. The first kappa shape index (κ1) is 29.7. The van der Waals surface area contributed by atoms with Crippen molar-refractivity contribution in [2.24, 2.45) is 4.99 Å². The van der Waals surface area contributed by atoms with E-state index in [0.29, 0.717) is 13.2 Å². The molecule has 2 aliphatic rings. The first-order valence-corrected chi connectivity index (χ1v) is 14.6. The summed E-state index contributed by atoms with van der Waals surface area (Å²) < 4.78 is 5.61. The van der Waals surface area contributed by atoms with Crippen LogP contribution in [-0.4, -0.2) is 96.6 Å². The molecule has 0 bridgehead atoms. The lowest BCUT2D eigenvalue weighted by Crippen LogP contribution is -2.43. The number of hydrogen-bond acceptors (Lipinski definition) is 8. The maximum atomic E-state index is 5.83. The van der Waals surface area contributed by atoms with Crippen LogP contribution in [0.2, 0.25) is 0 Å². The zero-order valence-electron chi connectivity index (χ0n) is 24.9. The van der Waals surface area contributed by atoms with Crippen molar-refractivity contribution < 1.29 is 4.74 Å². The smallest absolute Gasteiger partial charge is 0.219 e. The highest BCUT2D eigenvalue weighted by Gasteiger charge is 2.27. The number of aliphatic imine (C=N–C) groups is 1. The third-order valence-electron chi connectivity index (χ3n) is 7.76. The average molecular weight is 547 g/mol. The van der Waals surface area contributed by atoms with Crippen molar-refractivity contribution in [1.82, 2.24) is 24.7 Å². The molecule has 2 aromatic rings. The molecule has 4 rings (SSSR count). The Morgan fingerprint density at radius 1 is 1.07 bits per heavy atom. The second-order valence-corrected chi connectivity index (χ2v) is 10.4. The van der Waals surface area contributed by atoms with Crippen LogP contribution < -0.4 is 10.6 Å². The summed E-state index contributed by atoms with van der Waals surface area (Å²) in [6, 6.07) is 9.06. The van der Waals surface area contributed by atoms with Gasteiger partial charge in [0.15, 0.2) is 0 Å². The quantitative estimate of drug-likeness (QED) is 0.271. The molecule has 40 heavy (non-hydrogen) atoms. The van der Waals surface area contributed by atoms with Gasteiger partial charge in [0.05, 0.1) is 12.3 Å². The number of amidine groups is 1. The van der Waals surface area contributed by atoms with Crippen LogP contribution in [0.1, 0.15) is 45.2 Å². The van der Waals surface area contributed by atoms with Gasteiger partial charge in [-0.05, 0) is 58.9 Å². The summed E-state index contributed by atoms with van der Waals surface area (Å²) in [4.78, 5) is 23.3. The third-order valence-corrected chi connectivity index (χ3v) is 7.76. The van der Waals surface area contributed by atoms with Crippen LogP contribution in [0.15, 0.2) is 59.0 Å². The molecule has 0 saturated carbocycles. The molecule has 0 spiro atoms. The summed E-state index contributed by atoms with van der Waals surface area (Å²) in [7, 11) is 2.20. The molecule has 0 atom stereocenters. The van der Waals surface area contributed by atoms with Crippen LogP contribution in [0.3, 0.4) is 0 Å². The Balaban J connectivity index is 1.60. The van der Waals surface area contributed by atoms with E-state index in [1.165, 1.54) is 22.5 Å². The van der Waals surface area contributed by atoms with Gasteiger partial charge in [0.1, 0.15) is 5.84 Å². The molecular formula is C31H46N8O. The summed E-state index contributed by atoms with van der Waals surface area (Å²) in [5.41, 5.74) is 12.5. The lowest BCUT2D eigenvalue weighted by Gasteiger charge is -2.32. The molecule has 2 fully saturated rings. The minimum absolute atomic E-state index is 0.261. The first-order chi connectivity index (χ1) is 19.4. The minimum Gasteiger partial charge on any atom is -0.380 e. The standard InChI is InChI=1S/C31H46N8O/c1-6-29-28(13-14-39(29)27-11-9-25(10-12-27)23-37-17-15-36(5)16-18-37)30(26-21-33-31(32)34-22-26)35-24(4)38(7-2)19-20-40-8-3/h6,9-12,21-22H,7-8,13-20,23H2,1-5H3,(H2,32,33,34)/b29-6-,30-28-,35-24+. The maximum absolute atomic E-state index is 5.83. The number of ether oxygens (including phenoxy) is 1. The predicted octanol–water partition coefficient (Wildman–Crippen LogP) is 4.11. The van der Waals surface area contributed by atoms with E-state index in [0.717, 1.165) is 75.9 Å². The number of aromatic nitrogens is 2. The average Bonchev–Trinajstić information content (AvgIpc) is 3.40. The van der Waals surface area contributed by atoms with Gasteiger partial charge in [-0.1, -0.05) is 18.2 Å². The van der Waals surface area contributed by atoms with Crippen molar-refractivity contribution >= 4 is 23.2 Å². The van der Waals surface area contributed by atoms with Crippen LogP contribution in [-0.2, 0) is 11.3 Å². The molecular weight excluding hydrogens is 500 g/mol. The van der Waals surface area contributed by atoms with Crippen molar-refractivity contribution in [3.63, 3.8) is 0 Å². The lowest BCUT2D eigenvalue weighted by molar-refractivity contribution is 0.133. The monoisotopic (exact) mass is 546 g/mol. The van der Waals surface area contributed by atoms with Crippen LogP contribution in [0, 0.1) is 0 Å². The van der Waals surface area contributed by atoms with E-state index in [9.17, 15) is 0 Å². The molecule has 9 heteroatoms. The molecule has 0 radical (unpaired) electrons. The molecule has 0 unspecified atom stereocenters. The van der Waals surface area contributed by atoms with Gasteiger partial charge in [0, 0.05) is 93.9 Å². The van der Waals surface area contributed by atoms with Gasteiger partial charge in [0.2, 0.25) is 5.95 Å². The Bertz CT molecular complexity index is 1180. The highest BCUT2D eigenvalue weighted by Crippen LogP contribution is 2.38. The number of allylic oxidation sites excluding steroid dienone is 2. The summed E-state index contributed by atoms with van der Waals surface area (Å²) in [6.45, 7) is 17.8. The Morgan fingerprint density at radius 3 is 2.40 bits per heavy atom. The Kier molecular flexibility index (Phi) is 10.7. The predicted molar refractivity (Wildman–Crippen MR) is 165 cm³/mol. The van der Waals surface area contributed by atoms with Gasteiger partial charge in [-0.2, -0.15) is 0 Å². The summed E-state index contributed by atoms with van der Waals surface area (Å²) in [5, 5.41) is 0. The van der Waals surface area contributed by atoms with Crippen LogP contribution in [0.25, 0.3) is 5.70 Å². The van der Waals surface area contributed by atoms with E-state index in [1.807, 2.05) is 6.92 Å². The number of hydrogen-bond donors (Lipinski definition) is 1. The Labute approximate surface area is 240 Å². The molecule has 3 heterocycles. The lowest BCUT2D eigenvalue weighted by atomic mass is 10.1. The van der Waals surface area contributed by atoms with Crippen molar-refractivity contribution in [3.8, 4) is 0 Å². The number of likely N-dealkylation sites (N-methyl/N-ethyl adjacent to an activating group) is 2. The molecule has 1 aromatic carbocycles. The highest BCUT2D eigenvalue weighted by atomic mass is 16.5. The number of nitrogens with two attached hydrogens (primary N) is 1. The van der Waals surface area contributed by atoms with Crippen molar-refractivity contribution in [2.45, 2.75) is 40.7 Å². The molecule has 2 N–H and O–H groups in total. The largest absolute Gasteiger partial charge is 0.380 e. The summed E-state index contributed by atoms with van der Waals surface area (Å²) >= 11 is 0. The molecule has 2 saturated heterocycles. The van der Waals surface area contributed by atoms with Gasteiger partial charge >= 0.3 is 0 Å². The topological polar surface area (TPSA) is 86.3 Å². The van der Waals surface area contributed by atoms with Crippen LogP contribution in [0.4, 0.5) is 11.6 Å². The molecule has 0 amide bonds. The van der Waals surface area contributed by atoms with Crippen molar-refractivity contribution in [3.05, 3.63) is 65.1 Å². The fourth-order valence-electron chi connectivity index (χ4n) is 5.39. The number of nitrogen functional groups attached to an aromatic ring is 1. The maximum Gasteiger partial charge on any atom is 0.219 e. The van der Waals surface area contributed by atoms with E-state index in [4.69, 9.17) is 15.5 Å². The number of benzene rings is 1. The van der Waals surface area contributed by atoms with Crippen molar-refractivity contribution in [1.29, 1.82) is 0 Å². The third kappa shape index (κ3) is 7.47. The number of rotatable bonds is 10. The number of anilines is 2. The van der Waals surface area contributed by atoms with Crippen molar-refractivity contribution in [2.75, 3.05) is 76.7 Å². The summed E-state index contributed by atoms with van der Waals surface area (Å²) in [5.74, 6) is 1.21. The van der Waals surface area contributed by atoms with E-state index >= 15 is 0 Å². The fraction of sp³-hybridized carbons (Fsp3) is 0.516. The highest BCUT2D eigenvalue weighted by molar-refractivity contribution is 5.88. The normalized spacial score (nSPS) is 19.5. The van der Waals surface area contributed by atoms with E-state index in [1.54, 1.807) is 12.4 Å². The van der Waals surface area contributed by atoms with Crippen LogP contribution >= 0.6 is 0 Å². The zero-order chi connectivity index (χ0) is 28.5. The van der Waals surface area contributed by atoms with Gasteiger partial charge in [0.25, 0.3) is 0 Å². The Hall–Kier alpha value is -3.27. The summed E-state index contributed by atoms with van der Waals surface area (Å²) in [6.07, 6.45) is 6.63. The first-order valence-electron chi connectivity index (χ1n) is 14.6. The van der Waals surface area contributed by atoms with E-state index in [-0.39, 0.29) is 5.95 Å². The number of nitrogens with zero attached hydrogens (tertiary/aromatic N) is 7. The zero-order valence-corrected chi connectivity index (χ0v) is 24.9. The molecule has 216 valence electrons. The van der Waals surface area contributed by atoms with Crippen LogP contribution in [0.5, 0.6) is 0 Å². The fourth-order valence-corrected chi connectivity index (χ4v) is 5.39. The van der Waals surface area contributed by atoms with E-state index in [2.05, 4.69) is 87.7 Å². The molecule has 1 aromatic heterocycles. The molecule has 0 aliphatic carbocycles. The molecule has 9 nitrogen and oxygen atoms in total. The minimum atomic E-state index is 0.261. The second-order valence-electron chi connectivity index (χ2n) is 10.4. The van der Waals surface area contributed by atoms with Gasteiger partial charge in [-0.25, -0.2) is 15.0 Å². The van der Waals surface area contributed by atoms with E-state index < -0.39 is 0 Å². The number of piperazine rings is 1. The van der Waals surface area contributed by atoms with Gasteiger partial charge < -0.3 is 25.2 Å².